The quantitative estimate of drug-likeness (QED) is 0.517. The third kappa shape index (κ3) is 2.86. The predicted molar refractivity (Wildman–Crippen MR) is 97.0 cm³/mol. The number of benzene rings is 2. The van der Waals surface area contributed by atoms with Crippen LogP contribution in [0.1, 0.15) is 26.3 Å². The summed E-state index contributed by atoms with van der Waals surface area (Å²) in [5.74, 6) is 0.761. The minimum atomic E-state index is -0.230. The van der Waals surface area contributed by atoms with Crippen LogP contribution >= 0.6 is 11.6 Å². The molecule has 1 aromatic heterocycles. The maximum atomic E-state index is 13.3. The number of aromatic nitrogens is 1. The summed E-state index contributed by atoms with van der Waals surface area (Å²) in [5.41, 5.74) is 1.97. The SMILES string of the molecule is O=Cc1ccn(-c2ccc(Cl)cc2C(=O)c2cccc3c2OCCO3)c1. The second kappa shape index (κ2) is 6.69. The van der Waals surface area contributed by atoms with E-state index in [1.165, 1.54) is 0 Å². The number of nitrogens with zero attached hydrogens (tertiary/aromatic N) is 1. The van der Waals surface area contributed by atoms with E-state index in [0.29, 0.717) is 52.1 Å². The minimum Gasteiger partial charge on any atom is -0.486 e. The number of para-hydroxylation sites is 1. The van der Waals surface area contributed by atoms with Crippen LogP contribution in [0.25, 0.3) is 5.69 Å². The fraction of sp³-hybridized carbons (Fsp3) is 0.100. The molecule has 4 rings (SSSR count). The first-order valence-corrected chi connectivity index (χ1v) is 8.41. The van der Waals surface area contributed by atoms with Crippen LogP contribution in [0.4, 0.5) is 0 Å². The molecule has 0 amide bonds. The molecule has 5 nitrogen and oxygen atoms in total. The van der Waals surface area contributed by atoms with E-state index >= 15 is 0 Å². The summed E-state index contributed by atoms with van der Waals surface area (Å²) >= 11 is 6.14. The van der Waals surface area contributed by atoms with Gasteiger partial charge in [-0.05, 0) is 36.4 Å². The Kier molecular flexibility index (Phi) is 4.22. The highest BCUT2D eigenvalue weighted by Crippen LogP contribution is 2.36. The first-order chi connectivity index (χ1) is 12.7. The van der Waals surface area contributed by atoms with E-state index in [0.717, 1.165) is 6.29 Å². The fourth-order valence-corrected chi connectivity index (χ4v) is 3.12. The van der Waals surface area contributed by atoms with Crippen LogP contribution in [0.5, 0.6) is 11.5 Å². The molecular weight excluding hydrogens is 354 g/mol. The van der Waals surface area contributed by atoms with Crippen molar-refractivity contribution in [1.82, 2.24) is 4.57 Å². The summed E-state index contributed by atoms with van der Waals surface area (Å²) in [6, 6.07) is 12.0. The topological polar surface area (TPSA) is 57.5 Å². The highest BCUT2D eigenvalue weighted by Gasteiger charge is 2.23. The Bertz CT molecular complexity index is 1010. The smallest absolute Gasteiger partial charge is 0.199 e. The zero-order chi connectivity index (χ0) is 18.1. The molecule has 26 heavy (non-hydrogen) atoms. The molecule has 0 bridgehead atoms. The largest absolute Gasteiger partial charge is 0.486 e. The third-order valence-electron chi connectivity index (χ3n) is 4.14. The number of hydrogen-bond acceptors (Lipinski definition) is 4. The molecule has 130 valence electrons. The molecule has 0 atom stereocenters. The van der Waals surface area contributed by atoms with E-state index in [1.54, 1.807) is 59.4 Å². The van der Waals surface area contributed by atoms with Crippen LogP contribution in [0.3, 0.4) is 0 Å². The van der Waals surface area contributed by atoms with Gasteiger partial charge in [-0.15, -0.1) is 0 Å². The van der Waals surface area contributed by atoms with Crippen molar-refractivity contribution in [1.29, 1.82) is 0 Å². The van der Waals surface area contributed by atoms with Crippen molar-refractivity contribution < 1.29 is 19.1 Å². The molecule has 0 saturated carbocycles. The Balaban J connectivity index is 1.84. The highest BCUT2D eigenvalue weighted by atomic mass is 35.5. The number of carbonyl (C=O) groups excluding carboxylic acids is 2. The number of halogens is 1. The lowest BCUT2D eigenvalue weighted by atomic mass is 10.00. The summed E-state index contributed by atoms with van der Waals surface area (Å²) in [7, 11) is 0. The molecule has 0 spiro atoms. The molecule has 0 fully saturated rings. The van der Waals surface area contributed by atoms with E-state index in [1.807, 2.05) is 0 Å². The Hall–Kier alpha value is -3.05. The molecule has 1 aliphatic rings. The van der Waals surface area contributed by atoms with Gasteiger partial charge in [-0.1, -0.05) is 17.7 Å². The first-order valence-electron chi connectivity index (χ1n) is 8.04. The van der Waals surface area contributed by atoms with Gasteiger partial charge in [-0.3, -0.25) is 9.59 Å². The zero-order valence-electron chi connectivity index (χ0n) is 13.6. The number of carbonyl (C=O) groups is 2. The fourth-order valence-electron chi connectivity index (χ4n) is 2.95. The lowest BCUT2D eigenvalue weighted by Crippen LogP contribution is -2.18. The van der Waals surface area contributed by atoms with Gasteiger partial charge in [0.1, 0.15) is 13.2 Å². The zero-order valence-corrected chi connectivity index (χ0v) is 14.4. The van der Waals surface area contributed by atoms with Gasteiger partial charge in [0.2, 0.25) is 0 Å². The monoisotopic (exact) mass is 367 g/mol. The number of ether oxygens (including phenoxy) is 2. The molecule has 6 heteroatoms. The maximum Gasteiger partial charge on any atom is 0.199 e. The molecule has 2 heterocycles. The average molecular weight is 368 g/mol. The molecule has 0 unspecified atom stereocenters. The predicted octanol–water partition coefficient (Wildman–Crippen LogP) is 3.95. The van der Waals surface area contributed by atoms with Crippen molar-refractivity contribution in [3.63, 3.8) is 0 Å². The van der Waals surface area contributed by atoms with Gasteiger partial charge in [-0.2, -0.15) is 0 Å². The molecule has 0 saturated heterocycles. The van der Waals surface area contributed by atoms with Crippen LogP contribution in [0.15, 0.2) is 54.9 Å². The summed E-state index contributed by atoms with van der Waals surface area (Å²) in [4.78, 5) is 24.2. The van der Waals surface area contributed by atoms with Crippen molar-refractivity contribution in [2.75, 3.05) is 13.2 Å². The van der Waals surface area contributed by atoms with Crippen LogP contribution in [0, 0.1) is 0 Å². The number of rotatable bonds is 4. The minimum absolute atomic E-state index is 0.230. The van der Waals surface area contributed by atoms with E-state index in [2.05, 4.69) is 0 Å². The van der Waals surface area contributed by atoms with Crippen molar-refractivity contribution in [2.45, 2.75) is 0 Å². The Morgan fingerprint density at radius 2 is 1.92 bits per heavy atom. The van der Waals surface area contributed by atoms with Crippen molar-refractivity contribution in [3.05, 3.63) is 76.6 Å². The van der Waals surface area contributed by atoms with Gasteiger partial charge < -0.3 is 14.0 Å². The highest BCUT2D eigenvalue weighted by molar-refractivity contribution is 6.31. The van der Waals surface area contributed by atoms with Crippen LogP contribution < -0.4 is 9.47 Å². The van der Waals surface area contributed by atoms with Gasteiger partial charge in [0.05, 0.1) is 11.3 Å². The maximum absolute atomic E-state index is 13.3. The van der Waals surface area contributed by atoms with Crippen LogP contribution in [-0.4, -0.2) is 29.9 Å². The van der Waals surface area contributed by atoms with Crippen LogP contribution in [-0.2, 0) is 0 Å². The lowest BCUT2D eigenvalue weighted by molar-refractivity contribution is 0.102. The molecule has 0 radical (unpaired) electrons. The van der Waals surface area contributed by atoms with E-state index in [-0.39, 0.29) is 5.78 Å². The molecular formula is C20H14ClNO4. The summed E-state index contributed by atoms with van der Waals surface area (Å²) in [6.07, 6.45) is 4.14. The normalized spacial score (nSPS) is 12.7. The van der Waals surface area contributed by atoms with E-state index in [9.17, 15) is 9.59 Å². The Morgan fingerprint density at radius 3 is 2.73 bits per heavy atom. The second-order valence-corrected chi connectivity index (χ2v) is 6.23. The van der Waals surface area contributed by atoms with Gasteiger partial charge in [0, 0.05) is 28.5 Å². The standard InChI is InChI=1S/C20H14ClNO4/c21-14-4-5-17(22-7-6-13(11-22)12-23)16(10-14)19(24)15-2-1-3-18-20(15)26-9-8-25-18/h1-7,10-12H,8-9H2. The number of ketones is 1. The van der Waals surface area contributed by atoms with Crippen molar-refractivity contribution >= 4 is 23.7 Å². The summed E-state index contributed by atoms with van der Waals surface area (Å²) in [5, 5.41) is 0.446. The molecule has 1 aliphatic heterocycles. The first kappa shape index (κ1) is 16.4. The van der Waals surface area contributed by atoms with Crippen LogP contribution in [0.2, 0.25) is 5.02 Å². The summed E-state index contributed by atoms with van der Waals surface area (Å²) in [6.45, 7) is 0.838. The van der Waals surface area contributed by atoms with Crippen molar-refractivity contribution in [2.24, 2.45) is 0 Å². The summed E-state index contributed by atoms with van der Waals surface area (Å²) < 4.78 is 12.9. The number of fused-ring (bicyclic) bond motifs is 1. The van der Waals surface area contributed by atoms with Gasteiger partial charge in [0.25, 0.3) is 0 Å². The molecule has 3 aromatic rings. The van der Waals surface area contributed by atoms with Gasteiger partial charge in [0.15, 0.2) is 23.6 Å². The molecule has 0 N–H and O–H groups in total. The van der Waals surface area contributed by atoms with Gasteiger partial charge >= 0.3 is 0 Å². The molecule has 2 aromatic carbocycles. The lowest BCUT2D eigenvalue weighted by Gasteiger charge is -2.21. The van der Waals surface area contributed by atoms with Gasteiger partial charge in [-0.25, -0.2) is 0 Å². The van der Waals surface area contributed by atoms with E-state index < -0.39 is 0 Å². The third-order valence-corrected chi connectivity index (χ3v) is 4.38. The number of aldehydes is 1. The Labute approximate surface area is 154 Å². The average Bonchev–Trinajstić information content (AvgIpc) is 3.16. The van der Waals surface area contributed by atoms with Crippen molar-refractivity contribution in [3.8, 4) is 17.2 Å². The second-order valence-electron chi connectivity index (χ2n) is 5.79. The molecule has 0 aliphatic carbocycles. The number of hydrogen-bond donors (Lipinski definition) is 0. The van der Waals surface area contributed by atoms with E-state index in [4.69, 9.17) is 21.1 Å². The Morgan fingerprint density at radius 1 is 1.08 bits per heavy atom.